The van der Waals surface area contributed by atoms with Crippen LogP contribution in [0.1, 0.15) is 34.3 Å². The van der Waals surface area contributed by atoms with Gasteiger partial charge in [-0.2, -0.15) is 0 Å². The summed E-state index contributed by atoms with van der Waals surface area (Å²) in [5, 5.41) is 3.07. The molecule has 0 radical (unpaired) electrons. The van der Waals surface area contributed by atoms with Crippen LogP contribution >= 0.6 is 11.3 Å². The van der Waals surface area contributed by atoms with Crippen LogP contribution in [0.15, 0.2) is 18.2 Å². The lowest BCUT2D eigenvalue weighted by atomic mass is 9.93. The minimum absolute atomic E-state index is 0.182. The van der Waals surface area contributed by atoms with Crippen LogP contribution in [0.2, 0.25) is 0 Å². The molecule has 1 heterocycles. The summed E-state index contributed by atoms with van der Waals surface area (Å²) in [5.41, 5.74) is 0.839. The smallest absolute Gasteiger partial charge is 0.260 e. The first-order chi connectivity index (χ1) is 10.0. The van der Waals surface area contributed by atoms with Gasteiger partial charge in [0.05, 0.1) is 11.3 Å². The largest absolute Gasteiger partial charge is 0.298 e. The topological polar surface area (TPSA) is 42.0 Å². The van der Waals surface area contributed by atoms with Gasteiger partial charge in [-0.05, 0) is 37.3 Å². The van der Waals surface area contributed by atoms with E-state index in [0.29, 0.717) is 17.1 Å². The fraction of sp³-hybridized carbons (Fsp3) is 0.333. The van der Waals surface area contributed by atoms with Gasteiger partial charge in [0.15, 0.2) is 5.13 Å². The average Bonchev–Trinajstić information content (AvgIpc) is 2.79. The Morgan fingerprint density at radius 2 is 2.24 bits per heavy atom. The highest BCUT2D eigenvalue weighted by Gasteiger charge is 2.21. The third-order valence-electron chi connectivity index (χ3n) is 3.58. The van der Waals surface area contributed by atoms with Crippen molar-refractivity contribution in [1.29, 1.82) is 0 Å². The molecule has 0 saturated heterocycles. The Morgan fingerprint density at radius 3 is 3.00 bits per heavy atom. The molecule has 1 amide bonds. The van der Waals surface area contributed by atoms with E-state index in [1.54, 1.807) is 0 Å². The maximum absolute atomic E-state index is 13.6. The van der Waals surface area contributed by atoms with E-state index in [9.17, 15) is 13.6 Å². The van der Waals surface area contributed by atoms with Crippen LogP contribution < -0.4 is 5.32 Å². The highest BCUT2D eigenvalue weighted by molar-refractivity contribution is 7.15. The van der Waals surface area contributed by atoms with E-state index >= 15 is 0 Å². The second-order valence-corrected chi connectivity index (χ2v) is 6.40. The average molecular weight is 308 g/mol. The third kappa shape index (κ3) is 2.95. The second kappa shape index (κ2) is 5.52. The maximum atomic E-state index is 13.6. The summed E-state index contributed by atoms with van der Waals surface area (Å²) < 4.78 is 26.4. The molecule has 1 aliphatic rings. The molecule has 1 aromatic carbocycles. The van der Waals surface area contributed by atoms with E-state index in [0.717, 1.165) is 37.1 Å². The number of rotatable bonds is 2. The number of hydrogen-bond donors (Lipinski definition) is 1. The van der Waals surface area contributed by atoms with Crippen LogP contribution in [-0.2, 0) is 12.8 Å². The van der Waals surface area contributed by atoms with Crippen LogP contribution in [0.3, 0.4) is 0 Å². The molecule has 2 aromatic rings. The lowest BCUT2D eigenvalue weighted by Gasteiger charge is -2.15. The molecule has 21 heavy (non-hydrogen) atoms. The molecule has 0 saturated carbocycles. The minimum atomic E-state index is -0.873. The molecule has 3 rings (SSSR count). The number of halogens is 2. The van der Waals surface area contributed by atoms with Crippen molar-refractivity contribution in [1.82, 2.24) is 4.98 Å². The molecule has 0 spiro atoms. The zero-order valence-corrected chi connectivity index (χ0v) is 12.3. The van der Waals surface area contributed by atoms with Crippen LogP contribution in [0.25, 0.3) is 0 Å². The van der Waals surface area contributed by atoms with Gasteiger partial charge in [0.1, 0.15) is 11.6 Å². The minimum Gasteiger partial charge on any atom is -0.298 e. The van der Waals surface area contributed by atoms with Crippen molar-refractivity contribution >= 4 is 22.4 Å². The summed E-state index contributed by atoms with van der Waals surface area (Å²) in [6.45, 7) is 2.19. The summed E-state index contributed by atoms with van der Waals surface area (Å²) in [5.74, 6) is -1.56. The number of nitrogens with one attached hydrogen (secondary N) is 1. The maximum Gasteiger partial charge on any atom is 0.260 e. The van der Waals surface area contributed by atoms with Crippen molar-refractivity contribution in [2.24, 2.45) is 5.92 Å². The van der Waals surface area contributed by atoms with Crippen molar-refractivity contribution in [3.63, 3.8) is 0 Å². The van der Waals surface area contributed by atoms with Gasteiger partial charge < -0.3 is 0 Å². The third-order valence-corrected chi connectivity index (χ3v) is 4.62. The van der Waals surface area contributed by atoms with E-state index in [-0.39, 0.29) is 5.56 Å². The number of aromatic nitrogens is 1. The molecule has 0 fully saturated rings. The predicted molar refractivity (Wildman–Crippen MR) is 77.6 cm³/mol. The number of carbonyl (C=O) groups excluding carboxylic acids is 1. The Hall–Kier alpha value is -1.82. The number of hydrogen-bond acceptors (Lipinski definition) is 3. The Bertz CT molecular complexity index is 699. The number of amides is 1. The first-order valence-electron chi connectivity index (χ1n) is 6.78. The molecule has 0 unspecified atom stereocenters. The molecular formula is C15H14F2N2OS. The number of aryl methyl sites for hydroxylation is 1. The van der Waals surface area contributed by atoms with Gasteiger partial charge in [-0.1, -0.05) is 6.92 Å². The molecule has 0 aliphatic heterocycles. The summed E-state index contributed by atoms with van der Waals surface area (Å²) in [4.78, 5) is 17.6. The number of fused-ring (bicyclic) bond motifs is 1. The lowest BCUT2D eigenvalue weighted by molar-refractivity contribution is 0.102. The number of nitrogens with zero attached hydrogens (tertiary/aromatic N) is 1. The first kappa shape index (κ1) is 14.1. The van der Waals surface area contributed by atoms with Crippen molar-refractivity contribution in [3.8, 4) is 0 Å². The van der Waals surface area contributed by atoms with E-state index < -0.39 is 17.5 Å². The Morgan fingerprint density at radius 1 is 1.43 bits per heavy atom. The number of carbonyl (C=O) groups is 1. The van der Waals surface area contributed by atoms with Gasteiger partial charge in [-0.25, -0.2) is 13.8 Å². The number of anilines is 1. The molecule has 6 heteroatoms. The molecular weight excluding hydrogens is 294 g/mol. The zero-order chi connectivity index (χ0) is 15.0. The standard InChI is InChI=1S/C15H14F2N2OS/c1-8-2-5-12-13(6-8)21-15(18-12)19-14(20)10-4-3-9(16)7-11(10)17/h3-4,7-8H,2,5-6H2,1H3,(H,18,19,20)/t8-/m1/s1. The molecule has 3 nitrogen and oxygen atoms in total. The van der Waals surface area contributed by atoms with Gasteiger partial charge >= 0.3 is 0 Å². The first-order valence-corrected chi connectivity index (χ1v) is 7.59. The number of thiazole rings is 1. The molecule has 110 valence electrons. The van der Waals surface area contributed by atoms with Crippen molar-refractivity contribution in [2.45, 2.75) is 26.2 Å². The van der Waals surface area contributed by atoms with Crippen LogP contribution in [0.4, 0.5) is 13.9 Å². The van der Waals surface area contributed by atoms with Crippen molar-refractivity contribution in [2.75, 3.05) is 5.32 Å². The zero-order valence-electron chi connectivity index (χ0n) is 11.5. The SMILES string of the molecule is C[C@@H]1CCc2nc(NC(=O)c3ccc(F)cc3F)sc2C1. The van der Waals surface area contributed by atoms with E-state index in [2.05, 4.69) is 17.2 Å². The van der Waals surface area contributed by atoms with Crippen LogP contribution in [0, 0.1) is 17.6 Å². The number of benzene rings is 1. The Labute approximate surface area is 125 Å². The molecule has 0 bridgehead atoms. The molecule has 1 N–H and O–H groups in total. The summed E-state index contributed by atoms with van der Waals surface area (Å²) in [6, 6.07) is 2.89. The van der Waals surface area contributed by atoms with Gasteiger partial charge in [0.2, 0.25) is 0 Å². The van der Waals surface area contributed by atoms with Crippen molar-refractivity contribution in [3.05, 3.63) is 46.0 Å². The lowest BCUT2D eigenvalue weighted by Crippen LogP contribution is -2.14. The van der Waals surface area contributed by atoms with Gasteiger partial charge in [-0.3, -0.25) is 10.1 Å². The predicted octanol–water partition coefficient (Wildman–Crippen LogP) is 3.80. The normalized spacial score (nSPS) is 17.4. The fourth-order valence-electron chi connectivity index (χ4n) is 2.43. The molecule has 1 aliphatic carbocycles. The van der Waals surface area contributed by atoms with Gasteiger partial charge in [0.25, 0.3) is 5.91 Å². The van der Waals surface area contributed by atoms with Gasteiger partial charge in [0, 0.05) is 10.9 Å². The van der Waals surface area contributed by atoms with Gasteiger partial charge in [-0.15, -0.1) is 11.3 Å². The molecule has 1 aromatic heterocycles. The fourth-order valence-corrected chi connectivity index (χ4v) is 3.60. The summed E-state index contributed by atoms with van der Waals surface area (Å²) in [6.07, 6.45) is 2.97. The quantitative estimate of drug-likeness (QED) is 0.917. The van der Waals surface area contributed by atoms with E-state index in [1.807, 2.05) is 0 Å². The Balaban J connectivity index is 1.79. The van der Waals surface area contributed by atoms with Crippen molar-refractivity contribution < 1.29 is 13.6 Å². The van der Waals surface area contributed by atoms with E-state index in [1.165, 1.54) is 16.2 Å². The van der Waals surface area contributed by atoms with E-state index in [4.69, 9.17) is 0 Å². The Kier molecular flexibility index (Phi) is 3.71. The van der Waals surface area contributed by atoms with Crippen LogP contribution in [-0.4, -0.2) is 10.9 Å². The summed E-state index contributed by atoms with van der Waals surface area (Å²) >= 11 is 1.43. The molecule has 1 atom stereocenters. The van der Waals surface area contributed by atoms with Crippen LogP contribution in [0.5, 0.6) is 0 Å². The second-order valence-electron chi connectivity index (χ2n) is 5.32. The monoisotopic (exact) mass is 308 g/mol. The highest BCUT2D eigenvalue weighted by atomic mass is 32.1. The highest BCUT2D eigenvalue weighted by Crippen LogP contribution is 2.32. The summed E-state index contributed by atoms with van der Waals surface area (Å²) in [7, 11) is 0.